The molecule has 1 N–H and O–H groups in total. The van der Waals surface area contributed by atoms with E-state index in [4.69, 9.17) is 16.3 Å². The van der Waals surface area contributed by atoms with E-state index >= 15 is 0 Å². The second kappa shape index (κ2) is 7.27. The van der Waals surface area contributed by atoms with Crippen LogP contribution < -0.4 is 10.1 Å². The Bertz CT molecular complexity index is 723. The SMILES string of the molecule is Cc1ccc(C)c(C(C)NC(=O)C(C)(C)Oc2ccc(Cl)cc2)c1. The van der Waals surface area contributed by atoms with Crippen LogP contribution >= 0.6 is 11.6 Å². The lowest BCUT2D eigenvalue weighted by atomic mass is 9.99. The van der Waals surface area contributed by atoms with Crippen molar-refractivity contribution in [1.82, 2.24) is 5.32 Å². The number of aryl methyl sites for hydroxylation is 2. The van der Waals surface area contributed by atoms with Crippen LogP contribution in [0.15, 0.2) is 42.5 Å². The second-order valence-corrected chi connectivity index (χ2v) is 7.06. The van der Waals surface area contributed by atoms with Crippen LogP contribution in [0.1, 0.15) is 43.5 Å². The van der Waals surface area contributed by atoms with Gasteiger partial charge in [-0.15, -0.1) is 0 Å². The average Bonchev–Trinajstić information content (AvgIpc) is 2.51. The summed E-state index contributed by atoms with van der Waals surface area (Å²) in [4.78, 5) is 12.7. The van der Waals surface area contributed by atoms with E-state index in [1.165, 1.54) is 5.56 Å². The van der Waals surface area contributed by atoms with E-state index in [9.17, 15) is 4.79 Å². The molecule has 3 nitrogen and oxygen atoms in total. The Morgan fingerprint density at radius 2 is 1.75 bits per heavy atom. The molecule has 2 aromatic carbocycles. The third-order valence-electron chi connectivity index (χ3n) is 3.98. The van der Waals surface area contributed by atoms with Crippen molar-refractivity contribution in [3.8, 4) is 5.75 Å². The van der Waals surface area contributed by atoms with Crippen molar-refractivity contribution in [2.45, 2.75) is 46.3 Å². The fourth-order valence-electron chi connectivity index (χ4n) is 2.52. The average molecular weight is 346 g/mol. The van der Waals surface area contributed by atoms with Crippen LogP contribution in [0.3, 0.4) is 0 Å². The van der Waals surface area contributed by atoms with E-state index in [0.717, 1.165) is 11.1 Å². The van der Waals surface area contributed by atoms with Crippen LogP contribution in [0.2, 0.25) is 5.02 Å². The lowest BCUT2D eigenvalue weighted by molar-refractivity contribution is -0.134. The van der Waals surface area contributed by atoms with Gasteiger partial charge in [-0.2, -0.15) is 0 Å². The summed E-state index contributed by atoms with van der Waals surface area (Å²) in [6.07, 6.45) is 0. The number of amides is 1. The summed E-state index contributed by atoms with van der Waals surface area (Å²) < 4.78 is 5.84. The number of ether oxygens (including phenoxy) is 1. The summed E-state index contributed by atoms with van der Waals surface area (Å²) in [6, 6.07) is 13.1. The molecule has 0 saturated carbocycles. The number of hydrogen-bond acceptors (Lipinski definition) is 2. The maximum atomic E-state index is 12.7. The minimum Gasteiger partial charge on any atom is -0.478 e. The van der Waals surface area contributed by atoms with Crippen molar-refractivity contribution in [2.75, 3.05) is 0 Å². The first-order valence-electron chi connectivity index (χ1n) is 8.02. The van der Waals surface area contributed by atoms with E-state index in [-0.39, 0.29) is 11.9 Å². The Labute approximate surface area is 149 Å². The molecule has 0 aliphatic rings. The molecule has 0 spiro atoms. The van der Waals surface area contributed by atoms with Gasteiger partial charge in [-0.1, -0.05) is 35.4 Å². The molecule has 1 atom stereocenters. The predicted molar refractivity (Wildman–Crippen MR) is 98.6 cm³/mol. The van der Waals surface area contributed by atoms with E-state index in [1.807, 2.05) is 20.8 Å². The van der Waals surface area contributed by atoms with Crippen LogP contribution in [-0.4, -0.2) is 11.5 Å². The molecule has 0 radical (unpaired) electrons. The summed E-state index contributed by atoms with van der Waals surface area (Å²) in [5, 5.41) is 3.68. The number of halogens is 1. The van der Waals surface area contributed by atoms with Gasteiger partial charge in [-0.25, -0.2) is 0 Å². The molecular formula is C20H24ClNO2. The molecule has 2 aromatic rings. The predicted octanol–water partition coefficient (Wildman–Crippen LogP) is 4.99. The lowest BCUT2D eigenvalue weighted by Crippen LogP contribution is -2.47. The molecule has 128 valence electrons. The number of carbonyl (C=O) groups excluding carboxylic acids is 1. The largest absolute Gasteiger partial charge is 0.478 e. The number of hydrogen-bond donors (Lipinski definition) is 1. The summed E-state index contributed by atoms with van der Waals surface area (Å²) in [7, 11) is 0. The lowest BCUT2D eigenvalue weighted by Gasteiger charge is -2.28. The fourth-order valence-corrected chi connectivity index (χ4v) is 2.64. The second-order valence-electron chi connectivity index (χ2n) is 6.62. The molecule has 0 fully saturated rings. The topological polar surface area (TPSA) is 38.3 Å². The van der Waals surface area contributed by atoms with Gasteiger partial charge in [0, 0.05) is 5.02 Å². The zero-order valence-electron chi connectivity index (χ0n) is 14.8. The van der Waals surface area contributed by atoms with Crippen LogP contribution in [0.25, 0.3) is 0 Å². The molecule has 0 aliphatic carbocycles. The van der Waals surface area contributed by atoms with Crippen LogP contribution in [0.5, 0.6) is 5.75 Å². The van der Waals surface area contributed by atoms with Crippen LogP contribution in [0, 0.1) is 13.8 Å². The van der Waals surface area contributed by atoms with Gasteiger partial charge >= 0.3 is 0 Å². The highest BCUT2D eigenvalue weighted by Gasteiger charge is 2.31. The van der Waals surface area contributed by atoms with E-state index in [2.05, 4.69) is 23.5 Å². The fraction of sp³-hybridized carbons (Fsp3) is 0.350. The van der Waals surface area contributed by atoms with Crippen molar-refractivity contribution >= 4 is 17.5 Å². The van der Waals surface area contributed by atoms with E-state index < -0.39 is 5.60 Å². The van der Waals surface area contributed by atoms with Crippen molar-refractivity contribution in [3.63, 3.8) is 0 Å². The smallest absolute Gasteiger partial charge is 0.264 e. The highest BCUT2D eigenvalue weighted by atomic mass is 35.5. The Morgan fingerprint density at radius 3 is 2.38 bits per heavy atom. The molecule has 1 unspecified atom stereocenters. The van der Waals surface area contributed by atoms with Crippen molar-refractivity contribution in [3.05, 3.63) is 64.2 Å². The number of nitrogens with one attached hydrogen (secondary N) is 1. The number of rotatable bonds is 5. The highest BCUT2D eigenvalue weighted by molar-refractivity contribution is 6.30. The number of carbonyl (C=O) groups is 1. The monoisotopic (exact) mass is 345 g/mol. The molecule has 0 aliphatic heterocycles. The van der Waals surface area contributed by atoms with Gasteiger partial charge < -0.3 is 10.1 Å². The Balaban J connectivity index is 2.09. The Kier molecular flexibility index (Phi) is 5.55. The first kappa shape index (κ1) is 18.3. The van der Waals surface area contributed by atoms with Gasteiger partial charge in [-0.3, -0.25) is 4.79 Å². The third-order valence-corrected chi connectivity index (χ3v) is 4.23. The molecule has 2 rings (SSSR count). The van der Waals surface area contributed by atoms with Crippen molar-refractivity contribution in [2.24, 2.45) is 0 Å². The van der Waals surface area contributed by atoms with Crippen molar-refractivity contribution in [1.29, 1.82) is 0 Å². The summed E-state index contributed by atoms with van der Waals surface area (Å²) >= 11 is 5.87. The van der Waals surface area contributed by atoms with Gasteiger partial charge in [0.1, 0.15) is 5.75 Å². The van der Waals surface area contributed by atoms with Gasteiger partial charge in [0.05, 0.1) is 6.04 Å². The van der Waals surface area contributed by atoms with Crippen LogP contribution in [0.4, 0.5) is 0 Å². The first-order valence-corrected chi connectivity index (χ1v) is 8.39. The maximum Gasteiger partial charge on any atom is 0.264 e. The molecular weight excluding hydrogens is 322 g/mol. The van der Waals surface area contributed by atoms with Gasteiger partial charge in [0.15, 0.2) is 5.60 Å². The minimum atomic E-state index is -0.986. The standard InChI is InChI=1S/C20H24ClNO2/c1-13-6-7-14(2)18(12-13)15(3)22-19(23)20(4,5)24-17-10-8-16(21)9-11-17/h6-12,15H,1-5H3,(H,22,23). The minimum absolute atomic E-state index is 0.0921. The molecule has 0 saturated heterocycles. The molecule has 0 aromatic heterocycles. The molecule has 0 heterocycles. The zero-order valence-corrected chi connectivity index (χ0v) is 15.6. The van der Waals surface area contributed by atoms with Crippen LogP contribution in [-0.2, 0) is 4.79 Å². The number of benzene rings is 2. The third kappa shape index (κ3) is 4.51. The molecule has 0 bridgehead atoms. The molecule has 1 amide bonds. The van der Waals surface area contributed by atoms with Crippen molar-refractivity contribution < 1.29 is 9.53 Å². The zero-order chi connectivity index (χ0) is 17.9. The summed E-state index contributed by atoms with van der Waals surface area (Å²) in [6.45, 7) is 9.59. The summed E-state index contributed by atoms with van der Waals surface area (Å²) in [5.74, 6) is 0.449. The quantitative estimate of drug-likeness (QED) is 0.828. The normalized spacial score (nSPS) is 12.6. The highest BCUT2D eigenvalue weighted by Crippen LogP contribution is 2.23. The summed E-state index contributed by atoms with van der Waals surface area (Å²) in [5.41, 5.74) is 2.46. The van der Waals surface area contributed by atoms with Gasteiger partial charge in [0.2, 0.25) is 0 Å². The van der Waals surface area contributed by atoms with Gasteiger partial charge in [-0.05, 0) is 70.0 Å². The Hall–Kier alpha value is -2.00. The van der Waals surface area contributed by atoms with E-state index in [1.54, 1.807) is 38.1 Å². The first-order chi connectivity index (χ1) is 11.2. The maximum absolute atomic E-state index is 12.7. The Morgan fingerprint density at radius 1 is 1.12 bits per heavy atom. The van der Waals surface area contributed by atoms with Gasteiger partial charge in [0.25, 0.3) is 5.91 Å². The molecule has 24 heavy (non-hydrogen) atoms. The molecule has 4 heteroatoms. The van der Waals surface area contributed by atoms with E-state index in [0.29, 0.717) is 10.8 Å².